The first kappa shape index (κ1) is 10.8. The zero-order valence-corrected chi connectivity index (χ0v) is 9.89. The molecule has 4 heteroatoms. The summed E-state index contributed by atoms with van der Waals surface area (Å²) in [6.45, 7) is 1.71. The van der Waals surface area contributed by atoms with Crippen LogP contribution in [0.5, 0.6) is 0 Å². The Hall–Kier alpha value is -2.36. The summed E-state index contributed by atoms with van der Waals surface area (Å²) in [6.07, 6.45) is 1.77. The maximum Gasteiger partial charge on any atom is 0.128 e. The summed E-state index contributed by atoms with van der Waals surface area (Å²) in [4.78, 5) is 0. The molecule has 0 radical (unpaired) electrons. The van der Waals surface area contributed by atoms with Crippen LogP contribution in [-0.4, -0.2) is 9.78 Å². The third-order valence-corrected chi connectivity index (χ3v) is 3.01. The zero-order chi connectivity index (χ0) is 12.7. The second-order valence-corrected chi connectivity index (χ2v) is 4.28. The largest absolute Gasteiger partial charge is 0.397 e. The standard InChI is InChI=1S/C14H12FN3/c1-9-6-14(12(16)7-11(9)15)18-13-5-3-2-4-10(13)8-17-18/h2-8H,16H2,1H3. The molecule has 18 heavy (non-hydrogen) atoms. The number of nitrogens with zero attached hydrogens (tertiary/aromatic N) is 2. The Bertz CT molecular complexity index is 731. The van der Waals surface area contributed by atoms with Crippen LogP contribution in [0.15, 0.2) is 42.6 Å². The number of aromatic nitrogens is 2. The average molecular weight is 241 g/mol. The molecule has 90 valence electrons. The van der Waals surface area contributed by atoms with Gasteiger partial charge in [-0.05, 0) is 30.7 Å². The van der Waals surface area contributed by atoms with Crippen LogP contribution >= 0.6 is 0 Å². The van der Waals surface area contributed by atoms with Gasteiger partial charge in [0.15, 0.2) is 0 Å². The highest BCUT2D eigenvalue weighted by Gasteiger charge is 2.10. The summed E-state index contributed by atoms with van der Waals surface area (Å²) in [5.41, 5.74) is 8.47. The van der Waals surface area contributed by atoms with Gasteiger partial charge in [0.25, 0.3) is 0 Å². The molecular formula is C14H12FN3. The Labute approximate surface area is 104 Å². The molecule has 1 heterocycles. The lowest BCUT2D eigenvalue weighted by atomic mass is 10.1. The highest BCUT2D eigenvalue weighted by atomic mass is 19.1. The van der Waals surface area contributed by atoms with E-state index in [0.29, 0.717) is 16.9 Å². The fraction of sp³-hybridized carbons (Fsp3) is 0.0714. The summed E-state index contributed by atoms with van der Waals surface area (Å²) in [6, 6.07) is 10.9. The maximum atomic E-state index is 13.4. The number of aryl methyl sites for hydroxylation is 1. The average Bonchev–Trinajstić information content (AvgIpc) is 2.78. The van der Waals surface area contributed by atoms with E-state index in [0.717, 1.165) is 10.9 Å². The van der Waals surface area contributed by atoms with Crippen LogP contribution in [0, 0.1) is 12.7 Å². The van der Waals surface area contributed by atoms with Crippen molar-refractivity contribution < 1.29 is 4.39 Å². The van der Waals surface area contributed by atoms with Gasteiger partial charge in [0.1, 0.15) is 5.82 Å². The number of nitrogen functional groups attached to an aromatic ring is 1. The number of para-hydroxylation sites is 1. The lowest BCUT2D eigenvalue weighted by molar-refractivity contribution is 0.618. The Morgan fingerprint density at radius 2 is 2.00 bits per heavy atom. The van der Waals surface area contributed by atoms with Crippen LogP contribution in [0.2, 0.25) is 0 Å². The topological polar surface area (TPSA) is 43.8 Å². The van der Waals surface area contributed by atoms with E-state index in [1.165, 1.54) is 6.07 Å². The summed E-state index contributed by atoms with van der Waals surface area (Å²) in [5.74, 6) is -0.298. The normalized spacial score (nSPS) is 11.0. The monoisotopic (exact) mass is 241 g/mol. The van der Waals surface area contributed by atoms with E-state index in [1.807, 2.05) is 24.3 Å². The van der Waals surface area contributed by atoms with Gasteiger partial charge in [-0.3, -0.25) is 0 Å². The quantitative estimate of drug-likeness (QED) is 0.665. The first-order valence-corrected chi connectivity index (χ1v) is 5.65. The molecule has 2 N–H and O–H groups in total. The molecule has 0 saturated heterocycles. The highest BCUT2D eigenvalue weighted by Crippen LogP contribution is 2.24. The van der Waals surface area contributed by atoms with E-state index in [4.69, 9.17) is 5.73 Å². The van der Waals surface area contributed by atoms with Gasteiger partial charge in [-0.2, -0.15) is 5.10 Å². The molecule has 0 spiro atoms. The van der Waals surface area contributed by atoms with Gasteiger partial charge in [0, 0.05) is 5.39 Å². The Morgan fingerprint density at radius 3 is 2.83 bits per heavy atom. The van der Waals surface area contributed by atoms with Crippen molar-refractivity contribution >= 4 is 16.6 Å². The molecule has 0 bridgehead atoms. The fourth-order valence-electron chi connectivity index (χ4n) is 2.03. The first-order valence-electron chi connectivity index (χ1n) is 5.65. The van der Waals surface area contributed by atoms with Crippen molar-refractivity contribution in [3.63, 3.8) is 0 Å². The van der Waals surface area contributed by atoms with Crippen molar-refractivity contribution in [3.05, 3.63) is 54.0 Å². The Morgan fingerprint density at radius 1 is 1.22 bits per heavy atom. The van der Waals surface area contributed by atoms with E-state index in [9.17, 15) is 4.39 Å². The van der Waals surface area contributed by atoms with Gasteiger partial charge < -0.3 is 5.73 Å². The molecular weight excluding hydrogens is 229 g/mol. The van der Waals surface area contributed by atoms with Crippen LogP contribution < -0.4 is 5.73 Å². The lowest BCUT2D eigenvalue weighted by Gasteiger charge is -2.09. The molecule has 2 aromatic carbocycles. The third kappa shape index (κ3) is 1.54. The molecule has 0 aliphatic heterocycles. The molecule has 0 aliphatic carbocycles. The van der Waals surface area contributed by atoms with Gasteiger partial charge in [0.05, 0.1) is 23.1 Å². The molecule has 0 fully saturated rings. The SMILES string of the molecule is Cc1cc(-n2ncc3ccccc32)c(N)cc1F. The third-order valence-electron chi connectivity index (χ3n) is 3.01. The van der Waals surface area contributed by atoms with E-state index >= 15 is 0 Å². The van der Waals surface area contributed by atoms with E-state index in [2.05, 4.69) is 5.10 Å². The van der Waals surface area contributed by atoms with Crippen LogP contribution in [-0.2, 0) is 0 Å². The molecule has 3 aromatic rings. The van der Waals surface area contributed by atoms with Crippen molar-refractivity contribution in [2.75, 3.05) is 5.73 Å². The zero-order valence-electron chi connectivity index (χ0n) is 9.89. The van der Waals surface area contributed by atoms with Gasteiger partial charge in [-0.15, -0.1) is 0 Å². The molecule has 1 aromatic heterocycles. The molecule has 3 nitrogen and oxygen atoms in total. The first-order chi connectivity index (χ1) is 8.66. The van der Waals surface area contributed by atoms with Crippen molar-refractivity contribution in [3.8, 4) is 5.69 Å². The minimum atomic E-state index is -0.298. The number of halogens is 1. The summed E-state index contributed by atoms with van der Waals surface area (Å²) in [5, 5.41) is 5.34. The van der Waals surface area contributed by atoms with Crippen LogP contribution in [0.3, 0.4) is 0 Å². The van der Waals surface area contributed by atoms with Crippen LogP contribution in [0.1, 0.15) is 5.56 Å². The predicted molar refractivity (Wildman–Crippen MR) is 70.2 cm³/mol. The van der Waals surface area contributed by atoms with E-state index < -0.39 is 0 Å². The predicted octanol–water partition coefficient (Wildman–Crippen LogP) is 3.06. The van der Waals surface area contributed by atoms with Crippen molar-refractivity contribution in [2.24, 2.45) is 0 Å². The highest BCUT2D eigenvalue weighted by molar-refractivity contribution is 5.81. The van der Waals surface area contributed by atoms with Gasteiger partial charge in [0.2, 0.25) is 0 Å². The maximum absolute atomic E-state index is 13.4. The molecule has 0 amide bonds. The molecule has 3 rings (SSSR count). The number of anilines is 1. The summed E-state index contributed by atoms with van der Waals surface area (Å²) in [7, 11) is 0. The van der Waals surface area contributed by atoms with Crippen LogP contribution in [0.4, 0.5) is 10.1 Å². The number of fused-ring (bicyclic) bond motifs is 1. The number of hydrogen-bond acceptors (Lipinski definition) is 2. The minimum Gasteiger partial charge on any atom is -0.397 e. The molecule has 0 aliphatic rings. The van der Waals surface area contributed by atoms with Crippen molar-refractivity contribution in [2.45, 2.75) is 6.92 Å². The number of benzene rings is 2. The second-order valence-electron chi connectivity index (χ2n) is 4.28. The second kappa shape index (κ2) is 3.84. The van der Waals surface area contributed by atoms with E-state index in [-0.39, 0.29) is 5.82 Å². The van der Waals surface area contributed by atoms with Crippen LogP contribution in [0.25, 0.3) is 16.6 Å². The molecule has 0 unspecified atom stereocenters. The minimum absolute atomic E-state index is 0.298. The van der Waals surface area contributed by atoms with Gasteiger partial charge in [-0.1, -0.05) is 18.2 Å². The van der Waals surface area contributed by atoms with Crippen molar-refractivity contribution in [1.82, 2.24) is 9.78 Å². The summed E-state index contributed by atoms with van der Waals surface area (Å²) < 4.78 is 15.1. The number of nitrogens with two attached hydrogens (primary N) is 1. The molecule has 0 saturated carbocycles. The Balaban J connectivity index is 2.29. The van der Waals surface area contributed by atoms with Gasteiger partial charge >= 0.3 is 0 Å². The van der Waals surface area contributed by atoms with Crippen molar-refractivity contribution in [1.29, 1.82) is 0 Å². The lowest BCUT2D eigenvalue weighted by Crippen LogP contribution is -2.03. The smallest absolute Gasteiger partial charge is 0.128 e. The van der Waals surface area contributed by atoms with E-state index in [1.54, 1.807) is 23.9 Å². The van der Waals surface area contributed by atoms with Gasteiger partial charge in [-0.25, -0.2) is 9.07 Å². The number of rotatable bonds is 1. The number of hydrogen-bond donors (Lipinski definition) is 1. The summed E-state index contributed by atoms with van der Waals surface area (Å²) >= 11 is 0. The molecule has 0 atom stereocenters. The Kier molecular flexibility index (Phi) is 2.30. The fourth-order valence-corrected chi connectivity index (χ4v) is 2.03.